The van der Waals surface area contributed by atoms with Gasteiger partial charge in [-0.05, 0) is 38.1 Å². The van der Waals surface area contributed by atoms with Gasteiger partial charge in [0.15, 0.2) is 11.5 Å². The van der Waals surface area contributed by atoms with Crippen molar-refractivity contribution >= 4 is 11.1 Å². The Morgan fingerprint density at radius 1 is 1.29 bits per heavy atom. The number of benzene rings is 1. The number of aryl methyl sites for hydroxylation is 1. The van der Waals surface area contributed by atoms with Crippen LogP contribution in [-0.2, 0) is 6.42 Å². The molecule has 0 aliphatic heterocycles. The Kier molecular flexibility index (Phi) is 4.06. The molecule has 0 saturated heterocycles. The fourth-order valence-electron chi connectivity index (χ4n) is 2.45. The quantitative estimate of drug-likeness (QED) is 0.743. The van der Waals surface area contributed by atoms with Crippen LogP contribution < -0.4 is 5.32 Å². The Morgan fingerprint density at radius 2 is 2.14 bits per heavy atom. The predicted octanol–water partition coefficient (Wildman–Crippen LogP) is 4.01. The number of rotatable bonds is 6. The minimum absolute atomic E-state index is 0.162. The number of para-hydroxylation sites is 2. The molecule has 1 unspecified atom stereocenters. The third-order valence-electron chi connectivity index (χ3n) is 3.51. The van der Waals surface area contributed by atoms with Gasteiger partial charge in [0.25, 0.3) is 0 Å². The van der Waals surface area contributed by atoms with Gasteiger partial charge >= 0.3 is 0 Å². The molecule has 0 saturated carbocycles. The first kappa shape index (κ1) is 13.9. The maximum atomic E-state index is 5.83. The Hall–Kier alpha value is -2.07. The molecule has 3 rings (SSSR count). The van der Waals surface area contributed by atoms with Gasteiger partial charge in [-0.3, -0.25) is 0 Å². The van der Waals surface area contributed by atoms with Crippen LogP contribution in [0.3, 0.4) is 0 Å². The first-order valence-electron chi connectivity index (χ1n) is 7.39. The SMILES string of the molecule is CCCNC(Cc1nc2ccccc2o1)c1coc(C)c1. The second-order valence-corrected chi connectivity index (χ2v) is 5.28. The first-order valence-corrected chi connectivity index (χ1v) is 7.39. The number of hydrogen-bond donors (Lipinski definition) is 1. The molecule has 4 heteroatoms. The summed E-state index contributed by atoms with van der Waals surface area (Å²) in [4.78, 5) is 4.56. The average Bonchev–Trinajstić information content (AvgIpc) is 3.08. The third-order valence-corrected chi connectivity index (χ3v) is 3.51. The van der Waals surface area contributed by atoms with Gasteiger partial charge in [-0.1, -0.05) is 19.1 Å². The number of aromatic nitrogens is 1. The van der Waals surface area contributed by atoms with E-state index in [0.29, 0.717) is 6.42 Å². The summed E-state index contributed by atoms with van der Waals surface area (Å²) >= 11 is 0. The molecule has 0 radical (unpaired) electrons. The van der Waals surface area contributed by atoms with Crippen molar-refractivity contribution in [3.05, 3.63) is 53.8 Å². The molecular formula is C17H20N2O2. The molecule has 0 fully saturated rings. The Morgan fingerprint density at radius 3 is 2.86 bits per heavy atom. The number of nitrogens with zero attached hydrogens (tertiary/aromatic N) is 1. The van der Waals surface area contributed by atoms with Gasteiger partial charge in [-0.25, -0.2) is 4.98 Å². The molecule has 3 aromatic rings. The largest absolute Gasteiger partial charge is 0.469 e. The number of oxazole rings is 1. The van der Waals surface area contributed by atoms with E-state index in [4.69, 9.17) is 8.83 Å². The van der Waals surface area contributed by atoms with Crippen LogP contribution in [-0.4, -0.2) is 11.5 Å². The smallest absolute Gasteiger partial charge is 0.197 e. The standard InChI is InChI=1S/C17H20N2O2/c1-3-8-18-15(13-9-12(2)20-11-13)10-17-19-14-6-4-5-7-16(14)21-17/h4-7,9,11,15,18H,3,8,10H2,1-2H3. The number of fused-ring (bicyclic) bond motifs is 1. The van der Waals surface area contributed by atoms with Crippen molar-refractivity contribution < 1.29 is 8.83 Å². The Bertz CT molecular complexity index is 681. The van der Waals surface area contributed by atoms with E-state index in [0.717, 1.165) is 41.3 Å². The van der Waals surface area contributed by atoms with Crippen LogP contribution in [0, 0.1) is 6.92 Å². The summed E-state index contributed by atoms with van der Waals surface area (Å²) in [5.74, 6) is 1.68. The van der Waals surface area contributed by atoms with Gasteiger partial charge in [0.2, 0.25) is 0 Å². The van der Waals surface area contributed by atoms with Crippen molar-refractivity contribution in [1.29, 1.82) is 0 Å². The highest BCUT2D eigenvalue weighted by Gasteiger charge is 2.17. The maximum Gasteiger partial charge on any atom is 0.197 e. The molecule has 21 heavy (non-hydrogen) atoms. The van der Waals surface area contributed by atoms with E-state index in [1.165, 1.54) is 0 Å². The topological polar surface area (TPSA) is 51.2 Å². The van der Waals surface area contributed by atoms with Crippen molar-refractivity contribution in [2.75, 3.05) is 6.54 Å². The summed E-state index contributed by atoms with van der Waals surface area (Å²) in [6.45, 7) is 5.07. The van der Waals surface area contributed by atoms with Crippen molar-refractivity contribution in [3.63, 3.8) is 0 Å². The highest BCUT2D eigenvalue weighted by molar-refractivity contribution is 5.72. The zero-order valence-electron chi connectivity index (χ0n) is 12.4. The van der Waals surface area contributed by atoms with Crippen molar-refractivity contribution in [2.24, 2.45) is 0 Å². The highest BCUT2D eigenvalue weighted by Crippen LogP contribution is 2.23. The molecule has 0 aliphatic carbocycles. The van der Waals surface area contributed by atoms with Crippen LogP contribution in [0.15, 0.2) is 45.4 Å². The van der Waals surface area contributed by atoms with Crippen LogP contribution in [0.1, 0.15) is 36.6 Å². The first-order chi connectivity index (χ1) is 10.3. The number of hydrogen-bond acceptors (Lipinski definition) is 4. The highest BCUT2D eigenvalue weighted by atomic mass is 16.3. The van der Waals surface area contributed by atoms with Crippen molar-refractivity contribution in [2.45, 2.75) is 32.7 Å². The summed E-state index contributed by atoms with van der Waals surface area (Å²) in [7, 11) is 0. The molecule has 2 aromatic heterocycles. The van der Waals surface area contributed by atoms with E-state index in [1.54, 1.807) is 0 Å². The van der Waals surface area contributed by atoms with Gasteiger partial charge in [0.05, 0.1) is 6.26 Å². The summed E-state index contributed by atoms with van der Waals surface area (Å²) in [5, 5.41) is 3.53. The molecular weight excluding hydrogens is 264 g/mol. The maximum absolute atomic E-state index is 5.83. The van der Waals surface area contributed by atoms with Gasteiger partial charge in [0, 0.05) is 18.0 Å². The molecule has 1 aromatic carbocycles. The minimum atomic E-state index is 0.162. The van der Waals surface area contributed by atoms with Crippen LogP contribution >= 0.6 is 0 Å². The van der Waals surface area contributed by atoms with Crippen molar-refractivity contribution in [1.82, 2.24) is 10.3 Å². The molecule has 2 heterocycles. The summed E-state index contributed by atoms with van der Waals surface area (Å²) in [6.07, 6.45) is 3.61. The van der Waals surface area contributed by atoms with E-state index in [9.17, 15) is 0 Å². The van der Waals surface area contributed by atoms with Gasteiger partial charge in [0.1, 0.15) is 11.3 Å². The van der Waals surface area contributed by atoms with E-state index in [-0.39, 0.29) is 6.04 Å². The number of nitrogens with one attached hydrogen (secondary N) is 1. The second-order valence-electron chi connectivity index (χ2n) is 5.28. The lowest BCUT2D eigenvalue weighted by atomic mass is 10.1. The third kappa shape index (κ3) is 3.16. The molecule has 0 aliphatic rings. The molecule has 0 amide bonds. The Labute approximate surface area is 124 Å². The Balaban J connectivity index is 1.83. The molecule has 4 nitrogen and oxygen atoms in total. The normalized spacial score (nSPS) is 12.9. The summed E-state index contributed by atoms with van der Waals surface area (Å²) in [6, 6.07) is 10.1. The van der Waals surface area contributed by atoms with Crippen LogP contribution in [0.25, 0.3) is 11.1 Å². The van der Waals surface area contributed by atoms with Crippen LogP contribution in [0.5, 0.6) is 0 Å². The fraction of sp³-hybridized carbons (Fsp3) is 0.353. The lowest BCUT2D eigenvalue weighted by Gasteiger charge is -2.14. The molecule has 1 atom stereocenters. The average molecular weight is 284 g/mol. The van der Waals surface area contributed by atoms with E-state index < -0.39 is 0 Å². The number of furan rings is 1. The zero-order valence-corrected chi connectivity index (χ0v) is 12.4. The molecule has 1 N–H and O–H groups in total. The summed E-state index contributed by atoms with van der Waals surface area (Å²) < 4.78 is 11.3. The van der Waals surface area contributed by atoms with Gasteiger partial charge < -0.3 is 14.2 Å². The zero-order chi connectivity index (χ0) is 14.7. The minimum Gasteiger partial charge on any atom is -0.469 e. The van der Waals surface area contributed by atoms with E-state index >= 15 is 0 Å². The lowest BCUT2D eigenvalue weighted by molar-refractivity contribution is 0.449. The van der Waals surface area contributed by atoms with Crippen LogP contribution in [0.2, 0.25) is 0 Å². The molecule has 0 spiro atoms. The second kappa shape index (κ2) is 6.14. The summed E-state index contributed by atoms with van der Waals surface area (Å²) in [5.41, 5.74) is 2.89. The van der Waals surface area contributed by atoms with Gasteiger partial charge in [-0.2, -0.15) is 0 Å². The van der Waals surface area contributed by atoms with Crippen LogP contribution in [0.4, 0.5) is 0 Å². The monoisotopic (exact) mass is 284 g/mol. The predicted molar refractivity (Wildman–Crippen MR) is 82.2 cm³/mol. The fourth-order valence-corrected chi connectivity index (χ4v) is 2.45. The van der Waals surface area contributed by atoms with Gasteiger partial charge in [-0.15, -0.1) is 0 Å². The molecule has 0 bridgehead atoms. The van der Waals surface area contributed by atoms with E-state index in [2.05, 4.69) is 23.3 Å². The molecule has 110 valence electrons. The lowest BCUT2D eigenvalue weighted by Crippen LogP contribution is -2.23. The van der Waals surface area contributed by atoms with Crippen molar-refractivity contribution in [3.8, 4) is 0 Å². The van der Waals surface area contributed by atoms with E-state index in [1.807, 2.05) is 37.5 Å².